The highest BCUT2D eigenvalue weighted by Gasteiger charge is 2.45. The highest BCUT2D eigenvalue weighted by Crippen LogP contribution is 2.39. The number of carbonyl (C=O) groups excluding carboxylic acids is 2. The summed E-state index contributed by atoms with van der Waals surface area (Å²) in [5.41, 5.74) is 0.977. The number of hydrogen-bond donors (Lipinski definition) is 1. The van der Waals surface area contributed by atoms with E-state index >= 15 is 0 Å². The van der Waals surface area contributed by atoms with E-state index in [9.17, 15) is 19.1 Å². The van der Waals surface area contributed by atoms with Gasteiger partial charge in [0, 0.05) is 12.1 Å². The summed E-state index contributed by atoms with van der Waals surface area (Å²) < 4.78 is 18.8. The Kier molecular flexibility index (Phi) is 7.07. The third kappa shape index (κ3) is 4.94. The van der Waals surface area contributed by atoms with Crippen molar-refractivity contribution in [1.29, 1.82) is 0 Å². The fourth-order valence-corrected chi connectivity index (χ4v) is 3.69. The maximum absolute atomic E-state index is 13.3. The Balaban J connectivity index is 2.05. The number of amides is 1. The van der Waals surface area contributed by atoms with Gasteiger partial charge in [-0.25, -0.2) is 4.39 Å². The second-order valence-corrected chi connectivity index (χ2v) is 7.66. The van der Waals surface area contributed by atoms with Gasteiger partial charge in [-0.3, -0.25) is 9.59 Å². The highest BCUT2D eigenvalue weighted by atomic mass is 19.1. The number of ether oxygens (including phenoxy) is 1. The fourth-order valence-electron chi connectivity index (χ4n) is 3.69. The van der Waals surface area contributed by atoms with Crippen LogP contribution in [0.1, 0.15) is 30.5 Å². The zero-order valence-electron chi connectivity index (χ0n) is 18.0. The van der Waals surface area contributed by atoms with E-state index in [1.165, 1.54) is 29.2 Å². The van der Waals surface area contributed by atoms with Gasteiger partial charge in [-0.15, -0.1) is 0 Å². The SMILES string of the molecule is CCOc1ccc([C@H]2C(=C(O)c3ccc(F)cc3)C(=O)C(=O)N2CCCN(C)C)cc1. The second kappa shape index (κ2) is 9.75. The predicted octanol–water partition coefficient (Wildman–Crippen LogP) is 3.60. The summed E-state index contributed by atoms with van der Waals surface area (Å²) in [7, 11) is 3.87. The van der Waals surface area contributed by atoms with Crippen molar-refractivity contribution in [2.45, 2.75) is 19.4 Å². The van der Waals surface area contributed by atoms with E-state index in [-0.39, 0.29) is 16.9 Å². The quantitative estimate of drug-likeness (QED) is 0.397. The summed E-state index contributed by atoms with van der Waals surface area (Å²) in [4.78, 5) is 29.3. The number of benzene rings is 2. The van der Waals surface area contributed by atoms with Gasteiger partial charge in [0.25, 0.3) is 11.7 Å². The number of rotatable bonds is 8. The number of carbonyl (C=O) groups is 2. The van der Waals surface area contributed by atoms with Gasteiger partial charge >= 0.3 is 0 Å². The molecule has 2 aromatic rings. The summed E-state index contributed by atoms with van der Waals surface area (Å²) in [6.45, 7) is 3.51. The first-order valence-corrected chi connectivity index (χ1v) is 10.2. The van der Waals surface area contributed by atoms with E-state index in [0.717, 1.165) is 6.54 Å². The smallest absolute Gasteiger partial charge is 0.295 e. The molecule has 31 heavy (non-hydrogen) atoms. The molecule has 0 unspecified atom stereocenters. The summed E-state index contributed by atoms with van der Waals surface area (Å²) in [6, 6.07) is 11.6. The van der Waals surface area contributed by atoms with Crippen LogP contribution < -0.4 is 4.74 Å². The predicted molar refractivity (Wildman–Crippen MR) is 116 cm³/mol. The fraction of sp³-hybridized carbons (Fsp3) is 0.333. The van der Waals surface area contributed by atoms with E-state index in [4.69, 9.17) is 4.74 Å². The van der Waals surface area contributed by atoms with Gasteiger partial charge < -0.3 is 19.6 Å². The lowest BCUT2D eigenvalue weighted by Crippen LogP contribution is -2.32. The molecule has 164 valence electrons. The van der Waals surface area contributed by atoms with Crippen LogP contribution in [0.5, 0.6) is 5.75 Å². The summed E-state index contributed by atoms with van der Waals surface area (Å²) >= 11 is 0. The summed E-state index contributed by atoms with van der Waals surface area (Å²) in [5.74, 6) is -1.49. The van der Waals surface area contributed by atoms with Crippen molar-refractivity contribution in [3.63, 3.8) is 0 Å². The molecule has 1 aliphatic rings. The Bertz CT molecular complexity index is 968. The molecule has 2 aromatic carbocycles. The minimum atomic E-state index is -0.745. The molecule has 0 saturated carbocycles. The van der Waals surface area contributed by atoms with Crippen LogP contribution in [0, 0.1) is 5.82 Å². The van der Waals surface area contributed by atoms with Crippen LogP contribution in [-0.4, -0.2) is 60.4 Å². The van der Waals surface area contributed by atoms with Crippen molar-refractivity contribution in [2.75, 3.05) is 33.8 Å². The maximum Gasteiger partial charge on any atom is 0.295 e. The average Bonchev–Trinajstić information content (AvgIpc) is 2.99. The third-order valence-electron chi connectivity index (χ3n) is 5.17. The average molecular weight is 426 g/mol. The summed E-state index contributed by atoms with van der Waals surface area (Å²) in [6.07, 6.45) is 0.671. The number of aliphatic hydroxyl groups is 1. The molecule has 0 bridgehead atoms. The Hall–Kier alpha value is -3.19. The Labute approximate surface area is 181 Å². The van der Waals surface area contributed by atoms with Crippen molar-refractivity contribution in [2.24, 2.45) is 0 Å². The highest BCUT2D eigenvalue weighted by molar-refractivity contribution is 6.46. The van der Waals surface area contributed by atoms with Crippen LogP contribution in [0.15, 0.2) is 54.1 Å². The van der Waals surface area contributed by atoms with Crippen molar-refractivity contribution >= 4 is 17.4 Å². The molecule has 6 nitrogen and oxygen atoms in total. The first kappa shape index (κ1) is 22.5. The molecule has 1 atom stereocenters. The number of Topliss-reactive ketones (excluding diaryl/α,β-unsaturated/α-hetero) is 1. The molecule has 3 rings (SSSR count). The van der Waals surface area contributed by atoms with Gasteiger partial charge in [0.1, 0.15) is 17.3 Å². The number of halogens is 1. The molecule has 0 spiro atoms. The summed E-state index contributed by atoms with van der Waals surface area (Å²) in [5, 5.41) is 10.9. The Morgan fingerprint density at radius 1 is 1.10 bits per heavy atom. The van der Waals surface area contributed by atoms with E-state index in [0.29, 0.717) is 30.9 Å². The molecule has 1 aliphatic heterocycles. The zero-order chi connectivity index (χ0) is 22.5. The normalized spacial score (nSPS) is 18.1. The molecule has 0 radical (unpaired) electrons. The van der Waals surface area contributed by atoms with E-state index in [1.54, 1.807) is 24.3 Å². The van der Waals surface area contributed by atoms with Crippen molar-refractivity contribution in [3.8, 4) is 5.75 Å². The number of hydrogen-bond acceptors (Lipinski definition) is 5. The standard InChI is InChI=1S/C24H27FN2O4/c1-4-31-19-12-8-16(9-13-19)21-20(22(28)17-6-10-18(25)11-7-17)23(29)24(30)27(21)15-5-14-26(2)3/h6-13,21,28H,4-5,14-15H2,1-3H3/t21-/m0/s1. The molecule has 0 aliphatic carbocycles. The molecule has 1 heterocycles. The zero-order valence-corrected chi connectivity index (χ0v) is 18.0. The minimum absolute atomic E-state index is 0.00520. The third-order valence-corrected chi connectivity index (χ3v) is 5.17. The molecule has 1 N–H and O–H groups in total. The van der Waals surface area contributed by atoms with Crippen LogP contribution in [0.3, 0.4) is 0 Å². The van der Waals surface area contributed by atoms with E-state index in [2.05, 4.69) is 0 Å². The van der Waals surface area contributed by atoms with Crippen LogP contribution in [-0.2, 0) is 9.59 Å². The largest absolute Gasteiger partial charge is 0.507 e. The monoisotopic (exact) mass is 426 g/mol. The Morgan fingerprint density at radius 3 is 2.32 bits per heavy atom. The van der Waals surface area contributed by atoms with Gasteiger partial charge in [0.05, 0.1) is 18.2 Å². The number of nitrogens with zero attached hydrogens (tertiary/aromatic N) is 2. The molecule has 1 fully saturated rings. The molecule has 1 amide bonds. The van der Waals surface area contributed by atoms with Crippen molar-refractivity contribution in [1.82, 2.24) is 9.80 Å². The van der Waals surface area contributed by atoms with Gasteiger partial charge in [-0.2, -0.15) is 0 Å². The van der Waals surface area contributed by atoms with Crippen LogP contribution >= 0.6 is 0 Å². The van der Waals surface area contributed by atoms with Crippen molar-refractivity contribution < 1.29 is 23.8 Å². The molecular formula is C24H27FN2O4. The van der Waals surface area contributed by atoms with Crippen LogP contribution in [0.25, 0.3) is 5.76 Å². The minimum Gasteiger partial charge on any atom is -0.507 e. The lowest BCUT2D eigenvalue weighted by Gasteiger charge is -2.26. The number of aliphatic hydroxyl groups excluding tert-OH is 1. The van der Waals surface area contributed by atoms with E-state index in [1.807, 2.05) is 25.9 Å². The van der Waals surface area contributed by atoms with Gasteiger partial charge in [0.15, 0.2) is 0 Å². The lowest BCUT2D eigenvalue weighted by atomic mass is 9.95. The van der Waals surface area contributed by atoms with Gasteiger partial charge in [-0.1, -0.05) is 12.1 Å². The number of ketones is 1. The van der Waals surface area contributed by atoms with E-state index < -0.39 is 23.5 Å². The van der Waals surface area contributed by atoms with Crippen molar-refractivity contribution in [3.05, 3.63) is 71.0 Å². The van der Waals surface area contributed by atoms with Crippen LogP contribution in [0.4, 0.5) is 4.39 Å². The molecule has 7 heteroatoms. The second-order valence-electron chi connectivity index (χ2n) is 7.66. The topological polar surface area (TPSA) is 70.1 Å². The molecule has 1 saturated heterocycles. The molecule has 0 aromatic heterocycles. The number of likely N-dealkylation sites (tertiary alicyclic amines) is 1. The lowest BCUT2D eigenvalue weighted by molar-refractivity contribution is -0.139. The van der Waals surface area contributed by atoms with Gasteiger partial charge in [0.2, 0.25) is 0 Å². The first-order valence-electron chi connectivity index (χ1n) is 10.2. The first-order chi connectivity index (χ1) is 14.8. The maximum atomic E-state index is 13.3. The Morgan fingerprint density at radius 2 is 1.74 bits per heavy atom. The molecular weight excluding hydrogens is 399 g/mol. The van der Waals surface area contributed by atoms with Gasteiger partial charge in [-0.05, 0) is 75.9 Å². The van der Waals surface area contributed by atoms with Crippen LogP contribution in [0.2, 0.25) is 0 Å².